The highest BCUT2D eigenvalue weighted by Crippen LogP contribution is 2.20. The molecule has 0 heterocycles. The summed E-state index contributed by atoms with van der Waals surface area (Å²) in [5, 5.41) is 0. The minimum Gasteiger partial charge on any atom is -0.439 e. The van der Waals surface area contributed by atoms with E-state index in [9.17, 15) is 4.79 Å². The molecule has 3 heteroatoms. The first-order valence-electron chi connectivity index (χ1n) is 5.48. The molecule has 0 radical (unpaired) electrons. The highest BCUT2D eigenvalue weighted by Gasteiger charge is 2.25. The van der Waals surface area contributed by atoms with Crippen molar-refractivity contribution in [2.24, 2.45) is 0 Å². The Morgan fingerprint density at radius 3 is 2.38 bits per heavy atom. The Hall–Kier alpha value is -1.25. The fraction of sp³-hybridized carbons (Fsp3) is 0.615. The molecule has 1 unspecified atom stereocenters. The van der Waals surface area contributed by atoms with Gasteiger partial charge in [-0.1, -0.05) is 18.2 Å². The Kier molecular flexibility index (Phi) is 5.86. The molecule has 16 heavy (non-hydrogen) atoms. The molecule has 92 valence electrons. The molecule has 0 aliphatic carbocycles. The topological polar surface area (TPSA) is 29.5 Å². The molecule has 0 spiro atoms. The van der Waals surface area contributed by atoms with Crippen LogP contribution in [0, 0.1) is 0 Å². The number of rotatable bonds is 5. The van der Waals surface area contributed by atoms with Gasteiger partial charge in [0.25, 0.3) is 0 Å². The average Bonchev–Trinajstić information content (AvgIpc) is 2.16. The van der Waals surface area contributed by atoms with Crippen LogP contribution in [-0.4, -0.2) is 30.7 Å². The fourth-order valence-electron chi connectivity index (χ4n) is 1.13. The van der Waals surface area contributed by atoms with Crippen LogP contribution in [0.2, 0.25) is 0 Å². The summed E-state index contributed by atoms with van der Waals surface area (Å²) >= 11 is 0. The molecule has 0 fully saturated rings. The molecule has 0 aliphatic rings. The van der Waals surface area contributed by atoms with E-state index in [1.165, 1.54) is 10.5 Å². The molecular weight excluding hydrogens is 202 g/mol. The van der Waals surface area contributed by atoms with Crippen molar-refractivity contribution < 1.29 is 9.53 Å². The second-order valence-electron chi connectivity index (χ2n) is 4.60. The van der Waals surface area contributed by atoms with Gasteiger partial charge in [-0.2, -0.15) is 0 Å². The van der Waals surface area contributed by atoms with Crippen LogP contribution in [0.25, 0.3) is 0 Å². The van der Waals surface area contributed by atoms with E-state index in [0.717, 1.165) is 12.8 Å². The zero-order chi connectivity index (χ0) is 12.8. The molecule has 0 aromatic rings. The number of carbonyl (C=O) groups is 1. The number of hydrogen-bond donors (Lipinski definition) is 0. The molecule has 0 aliphatic heterocycles. The van der Waals surface area contributed by atoms with Crippen molar-refractivity contribution in [3.63, 3.8) is 0 Å². The van der Waals surface area contributed by atoms with Gasteiger partial charge in [-0.15, -0.1) is 0 Å². The molecule has 0 aromatic heterocycles. The number of nitrogens with zero attached hydrogens (tertiary/aromatic N) is 1. The van der Waals surface area contributed by atoms with E-state index in [4.69, 9.17) is 4.74 Å². The second-order valence-corrected chi connectivity index (χ2v) is 4.60. The van der Waals surface area contributed by atoms with Crippen LogP contribution >= 0.6 is 0 Å². The third kappa shape index (κ3) is 5.59. The van der Waals surface area contributed by atoms with Crippen molar-refractivity contribution in [2.75, 3.05) is 14.1 Å². The summed E-state index contributed by atoms with van der Waals surface area (Å²) in [6.07, 6.45) is 5.12. The van der Waals surface area contributed by atoms with Crippen molar-refractivity contribution in [3.8, 4) is 0 Å². The quantitative estimate of drug-likeness (QED) is 0.671. The van der Waals surface area contributed by atoms with Gasteiger partial charge in [-0.25, -0.2) is 4.79 Å². The normalized spacial score (nSPS) is 13.6. The van der Waals surface area contributed by atoms with E-state index in [1.807, 2.05) is 6.92 Å². The van der Waals surface area contributed by atoms with Crippen molar-refractivity contribution in [2.45, 2.75) is 39.2 Å². The lowest BCUT2D eigenvalue weighted by Gasteiger charge is -2.27. The first-order valence-corrected chi connectivity index (χ1v) is 5.48. The Labute approximate surface area is 98.8 Å². The molecule has 0 N–H and O–H groups in total. The SMILES string of the molecule is C=CC(C)(CCC=C(C)C)OC(=O)N(C)C. The average molecular weight is 225 g/mol. The summed E-state index contributed by atoms with van der Waals surface area (Å²) in [6, 6.07) is 0. The molecule has 0 saturated carbocycles. The molecule has 1 amide bonds. The first-order chi connectivity index (χ1) is 7.30. The molecular formula is C13H23NO2. The third-order valence-corrected chi connectivity index (χ3v) is 2.31. The summed E-state index contributed by atoms with van der Waals surface area (Å²) in [5.74, 6) is 0. The maximum absolute atomic E-state index is 11.5. The van der Waals surface area contributed by atoms with Crippen LogP contribution < -0.4 is 0 Å². The predicted molar refractivity (Wildman–Crippen MR) is 67.4 cm³/mol. The summed E-state index contributed by atoms with van der Waals surface area (Å²) in [4.78, 5) is 12.9. The van der Waals surface area contributed by atoms with Crippen LogP contribution in [0.4, 0.5) is 4.79 Å². The van der Waals surface area contributed by atoms with Crippen LogP contribution in [0.1, 0.15) is 33.6 Å². The van der Waals surface area contributed by atoms with Gasteiger partial charge in [-0.05, 0) is 39.7 Å². The summed E-state index contributed by atoms with van der Waals surface area (Å²) in [5.41, 5.74) is 0.679. The van der Waals surface area contributed by atoms with E-state index >= 15 is 0 Å². The highest BCUT2D eigenvalue weighted by atomic mass is 16.6. The van der Waals surface area contributed by atoms with E-state index in [0.29, 0.717) is 0 Å². The van der Waals surface area contributed by atoms with Gasteiger partial charge < -0.3 is 9.64 Å². The largest absolute Gasteiger partial charge is 0.439 e. The van der Waals surface area contributed by atoms with Crippen LogP contribution in [-0.2, 0) is 4.74 Å². The summed E-state index contributed by atoms with van der Waals surface area (Å²) in [7, 11) is 3.34. The number of carbonyl (C=O) groups excluding carboxylic acids is 1. The van der Waals surface area contributed by atoms with Gasteiger partial charge in [0.1, 0.15) is 5.60 Å². The van der Waals surface area contributed by atoms with E-state index < -0.39 is 5.60 Å². The molecule has 0 rings (SSSR count). The fourth-order valence-corrected chi connectivity index (χ4v) is 1.13. The lowest BCUT2D eigenvalue weighted by Crippen LogP contribution is -2.34. The third-order valence-electron chi connectivity index (χ3n) is 2.31. The van der Waals surface area contributed by atoms with Gasteiger partial charge in [0.15, 0.2) is 0 Å². The maximum Gasteiger partial charge on any atom is 0.410 e. The van der Waals surface area contributed by atoms with Gasteiger partial charge in [0.2, 0.25) is 0 Å². The van der Waals surface area contributed by atoms with Gasteiger partial charge in [0, 0.05) is 14.1 Å². The molecule has 1 atom stereocenters. The highest BCUT2D eigenvalue weighted by molar-refractivity contribution is 5.67. The zero-order valence-electron chi connectivity index (χ0n) is 11.0. The van der Waals surface area contributed by atoms with Crippen LogP contribution in [0.3, 0.4) is 0 Å². The first kappa shape index (κ1) is 14.8. The number of allylic oxidation sites excluding steroid dienone is 2. The minimum absolute atomic E-state index is 0.334. The Bertz CT molecular complexity index is 278. The number of hydrogen-bond acceptors (Lipinski definition) is 2. The summed E-state index contributed by atoms with van der Waals surface area (Å²) in [6.45, 7) is 9.71. The number of amides is 1. The molecule has 0 bridgehead atoms. The van der Waals surface area contributed by atoms with E-state index in [-0.39, 0.29) is 6.09 Å². The Balaban J connectivity index is 4.37. The van der Waals surface area contributed by atoms with Crippen molar-refractivity contribution in [1.29, 1.82) is 0 Å². The van der Waals surface area contributed by atoms with Gasteiger partial charge >= 0.3 is 6.09 Å². The Morgan fingerprint density at radius 1 is 1.44 bits per heavy atom. The standard InChI is InChI=1S/C13H23NO2/c1-7-13(4,10-8-9-11(2)3)16-12(15)14(5)6/h7,9H,1,8,10H2,2-6H3. The van der Waals surface area contributed by atoms with Gasteiger partial charge in [-0.3, -0.25) is 0 Å². The minimum atomic E-state index is -0.590. The summed E-state index contributed by atoms with van der Waals surface area (Å²) < 4.78 is 5.37. The second kappa shape index (κ2) is 6.36. The molecule has 0 aromatic carbocycles. The molecule has 0 saturated heterocycles. The number of ether oxygens (including phenoxy) is 1. The van der Waals surface area contributed by atoms with E-state index in [2.05, 4.69) is 26.5 Å². The van der Waals surface area contributed by atoms with Crippen molar-refractivity contribution >= 4 is 6.09 Å². The van der Waals surface area contributed by atoms with Crippen molar-refractivity contribution in [3.05, 3.63) is 24.3 Å². The van der Waals surface area contributed by atoms with E-state index in [1.54, 1.807) is 20.2 Å². The van der Waals surface area contributed by atoms with Gasteiger partial charge in [0.05, 0.1) is 0 Å². The smallest absolute Gasteiger partial charge is 0.410 e. The monoisotopic (exact) mass is 225 g/mol. The van der Waals surface area contributed by atoms with Crippen molar-refractivity contribution in [1.82, 2.24) is 4.90 Å². The van der Waals surface area contributed by atoms with Crippen LogP contribution in [0.15, 0.2) is 24.3 Å². The lowest BCUT2D eigenvalue weighted by atomic mass is 9.99. The molecule has 3 nitrogen and oxygen atoms in total. The van der Waals surface area contributed by atoms with Crippen LogP contribution in [0.5, 0.6) is 0 Å². The zero-order valence-corrected chi connectivity index (χ0v) is 11.0. The predicted octanol–water partition coefficient (Wildman–Crippen LogP) is 3.38. The Morgan fingerprint density at radius 2 is 2.00 bits per heavy atom. The lowest BCUT2D eigenvalue weighted by molar-refractivity contribution is 0.0360. The maximum atomic E-state index is 11.5.